The number of ether oxygens (including phenoxy) is 1. The number of aromatic nitrogens is 1. The van der Waals surface area contributed by atoms with Gasteiger partial charge in [0.25, 0.3) is 0 Å². The molecule has 0 unspecified atom stereocenters. The van der Waals surface area contributed by atoms with Gasteiger partial charge in [-0.1, -0.05) is 17.3 Å². The van der Waals surface area contributed by atoms with Crippen molar-refractivity contribution in [3.05, 3.63) is 40.4 Å². The van der Waals surface area contributed by atoms with Crippen molar-refractivity contribution in [2.24, 2.45) is 5.16 Å². The van der Waals surface area contributed by atoms with Crippen molar-refractivity contribution in [2.45, 2.75) is 0 Å². The Bertz CT molecular complexity index is 689. The first-order chi connectivity index (χ1) is 8.67. The maximum atomic E-state index is 11.6. The summed E-state index contributed by atoms with van der Waals surface area (Å²) < 4.78 is 9.33. The quantitative estimate of drug-likeness (QED) is 0.360. The molecule has 7 nitrogen and oxygen atoms in total. The standard InChI is InChI=1S/C11H8N2O5/c1-17-10(14)9(13-16)8-11(15)18-7-5-3-2-4-6(7)12-8/h2-5,16H,1H3. The average Bonchev–Trinajstić information content (AvgIpc) is 2.39. The van der Waals surface area contributed by atoms with Crippen LogP contribution in [0.1, 0.15) is 5.69 Å². The summed E-state index contributed by atoms with van der Waals surface area (Å²) in [5.41, 5.74) is -1.25. The van der Waals surface area contributed by atoms with E-state index in [2.05, 4.69) is 14.9 Å². The molecule has 0 radical (unpaired) electrons. The van der Waals surface area contributed by atoms with Crippen LogP contribution in [0.5, 0.6) is 0 Å². The lowest BCUT2D eigenvalue weighted by molar-refractivity contribution is -0.132. The molecule has 1 aromatic heterocycles. The Balaban J connectivity index is 2.68. The number of hydrogen-bond donors (Lipinski definition) is 1. The minimum atomic E-state index is -0.979. The molecule has 0 bridgehead atoms. The zero-order valence-corrected chi connectivity index (χ0v) is 9.28. The molecule has 0 fully saturated rings. The van der Waals surface area contributed by atoms with Crippen LogP contribution in [0.25, 0.3) is 11.1 Å². The molecule has 1 heterocycles. The van der Waals surface area contributed by atoms with E-state index in [1.54, 1.807) is 24.3 Å². The molecule has 0 saturated heterocycles. The first-order valence-electron chi connectivity index (χ1n) is 4.88. The summed E-state index contributed by atoms with van der Waals surface area (Å²) in [5.74, 6) is -0.979. The smallest absolute Gasteiger partial charge is 0.365 e. The molecule has 1 N–H and O–H groups in total. The van der Waals surface area contributed by atoms with Crippen molar-refractivity contribution in [1.29, 1.82) is 0 Å². The fourth-order valence-corrected chi connectivity index (χ4v) is 1.38. The predicted molar refractivity (Wildman–Crippen MR) is 60.6 cm³/mol. The molecule has 0 aliphatic carbocycles. The number of esters is 1. The average molecular weight is 248 g/mol. The van der Waals surface area contributed by atoms with Gasteiger partial charge >= 0.3 is 11.6 Å². The van der Waals surface area contributed by atoms with Gasteiger partial charge in [0.1, 0.15) is 5.52 Å². The van der Waals surface area contributed by atoms with Crippen molar-refractivity contribution in [1.82, 2.24) is 4.98 Å². The van der Waals surface area contributed by atoms with Crippen LogP contribution in [-0.2, 0) is 9.53 Å². The highest BCUT2D eigenvalue weighted by Crippen LogP contribution is 2.09. The summed E-state index contributed by atoms with van der Waals surface area (Å²) in [6.07, 6.45) is 0. The molecular formula is C11H8N2O5. The van der Waals surface area contributed by atoms with Crippen LogP contribution in [-0.4, -0.2) is 29.0 Å². The van der Waals surface area contributed by atoms with E-state index in [-0.39, 0.29) is 5.58 Å². The van der Waals surface area contributed by atoms with Gasteiger partial charge in [-0.25, -0.2) is 14.6 Å². The fraction of sp³-hybridized carbons (Fsp3) is 0.0909. The van der Waals surface area contributed by atoms with Gasteiger partial charge in [-0.2, -0.15) is 0 Å². The van der Waals surface area contributed by atoms with Gasteiger partial charge in [-0.15, -0.1) is 0 Å². The number of oxime groups is 1. The van der Waals surface area contributed by atoms with E-state index < -0.39 is 23.0 Å². The second kappa shape index (κ2) is 4.66. The van der Waals surface area contributed by atoms with Crippen molar-refractivity contribution < 1.29 is 19.2 Å². The van der Waals surface area contributed by atoms with Crippen molar-refractivity contribution in [2.75, 3.05) is 7.11 Å². The minimum absolute atomic E-state index is 0.272. The number of carbonyl (C=O) groups excluding carboxylic acids is 1. The molecule has 1 aromatic carbocycles. The number of fused-ring (bicyclic) bond motifs is 1. The minimum Gasteiger partial charge on any atom is -0.464 e. The Morgan fingerprint density at radius 3 is 2.83 bits per heavy atom. The van der Waals surface area contributed by atoms with E-state index in [4.69, 9.17) is 9.62 Å². The highest BCUT2D eigenvalue weighted by molar-refractivity contribution is 6.42. The van der Waals surface area contributed by atoms with Crippen LogP contribution in [0.3, 0.4) is 0 Å². The topological polar surface area (TPSA) is 102 Å². The molecule has 18 heavy (non-hydrogen) atoms. The largest absolute Gasteiger partial charge is 0.464 e. The fourth-order valence-electron chi connectivity index (χ4n) is 1.38. The predicted octanol–water partition coefficient (Wildman–Crippen LogP) is 0.539. The van der Waals surface area contributed by atoms with E-state index in [9.17, 15) is 9.59 Å². The molecule has 0 amide bonds. The van der Waals surface area contributed by atoms with Crippen LogP contribution in [0.15, 0.2) is 38.6 Å². The third-order valence-corrected chi connectivity index (χ3v) is 2.20. The summed E-state index contributed by atoms with van der Waals surface area (Å²) in [7, 11) is 1.09. The number of para-hydroxylation sites is 2. The summed E-state index contributed by atoms with van der Waals surface area (Å²) in [6, 6.07) is 6.51. The zero-order chi connectivity index (χ0) is 13.1. The summed E-state index contributed by atoms with van der Waals surface area (Å²) in [5, 5.41) is 11.5. The van der Waals surface area contributed by atoms with Gasteiger partial charge < -0.3 is 14.4 Å². The SMILES string of the molecule is COC(=O)C(=NO)c1nc2ccccc2oc1=O. The Labute approximate surface area is 100 Å². The molecule has 92 valence electrons. The van der Waals surface area contributed by atoms with Gasteiger partial charge in [-0.3, -0.25) is 0 Å². The molecule has 7 heteroatoms. The summed E-state index contributed by atoms with van der Waals surface area (Å²) >= 11 is 0. The third-order valence-electron chi connectivity index (χ3n) is 2.20. The number of methoxy groups -OCH3 is 1. The Morgan fingerprint density at radius 1 is 1.44 bits per heavy atom. The summed E-state index contributed by atoms with van der Waals surface area (Å²) in [4.78, 5) is 26.8. The number of rotatable bonds is 2. The molecule has 0 spiro atoms. The van der Waals surface area contributed by atoms with Crippen molar-refractivity contribution in [3.63, 3.8) is 0 Å². The monoisotopic (exact) mass is 248 g/mol. The van der Waals surface area contributed by atoms with E-state index in [0.29, 0.717) is 5.52 Å². The van der Waals surface area contributed by atoms with Crippen molar-refractivity contribution in [3.8, 4) is 0 Å². The number of hydrogen-bond acceptors (Lipinski definition) is 7. The van der Waals surface area contributed by atoms with Crippen LogP contribution < -0.4 is 5.63 Å². The van der Waals surface area contributed by atoms with Gasteiger partial charge in [-0.05, 0) is 12.1 Å². The van der Waals surface area contributed by atoms with Gasteiger partial charge in [0, 0.05) is 0 Å². The van der Waals surface area contributed by atoms with Crippen LogP contribution >= 0.6 is 0 Å². The lowest BCUT2D eigenvalue weighted by Gasteiger charge is -2.01. The molecule has 0 saturated carbocycles. The van der Waals surface area contributed by atoms with Crippen LogP contribution in [0.2, 0.25) is 0 Å². The zero-order valence-electron chi connectivity index (χ0n) is 9.28. The Morgan fingerprint density at radius 2 is 2.17 bits per heavy atom. The molecule has 2 aromatic rings. The van der Waals surface area contributed by atoms with Gasteiger partial charge in [0.15, 0.2) is 11.3 Å². The van der Waals surface area contributed by atoms with Crippen LogP contribution in [0, 0.1) is 0 Å². The number of benzene rings is 1. The molecule has 0 aliphatic heterocycles. The third kappa shape index (κ3) is 1.93. The normalized spacial score (nSPS) is 11.5. The first kappa shape index (κ1) is 11.8. The Kier molecular flexibility index (Phi) is 3.05. The van der Waals surface area contributed by atoms with Gasteiger partial charge in [0.2, 0.25) is 5.71 Å². The molecule has 0 atom stereocenters. The highest BCUT2D eigenvalue weighted by atomic mass is 16.5. The molecular weight excluding hydrogens is 240 g/mol. The summed E-state index contributed by atoms with van der Waals surface area (Å²) in [6.45, 7) is 0. The Hall–Kier alpha value is -2.70. The van der Waals surface area contributed by atoms with Crippen molar-refractivity contribution >= 4 is 22.8 Å². The maximum Gasteiger partial charge on any atom is 0.365 e. The second-order valence-corrected chi connectivity index (χ2v) is 3.26. The molecule has 2 rings (SSSR count). The second-order valence-electron chi connectivity index (χ2n) is 3.26. The van der Waals surface area contributed by atoms with E-state index >= 15 is 0 Å². The maximum absolute atomic E-state index is 11.6. The van der Waals surface area contributed by atoms with Crippen LogP contribution in [0.4, 0.5) is 0 Å². The van der Waals surface area contributed by atoms with Gasteiger partial charge in [0.05, 0.1) is 7.11 Å². The molecule has 0 aliphatic rings. The number of carbonyl (C=O) groups is 1. The van der Waals surface area contributed by atoms with E-state index in [1.807, 2.05) is 0 Å². The van der Waals surface area contributed by atoms with E-state index in [1.165, 1.54) is 0 Å². The number of nitrogens with zero attached hydrogens (tertiary/aromatic N) is 2. The first-order valence-corrected chi connectivity index (χ1v) is 4.88. The lowest BCUT2D eigenvalue weighted by atomic mass is 10.2. The lowest BCUT2D eigenvalue weighted by Crippen LogP contribution is -2.25. The van der Waals surface area contributed by atoms with E-state index in [0.717, 1.165) is 7.11 Å². The highest BCUT2D eigenvalue weighted by Gasteiger charge is 2.22.